The van der Waals surface area contributed by atoms with Gasteiger partial charge in [0.2, 0.25) is 15.9 Å². The lowest BCUT2D eigenvalue weighted by molar-refractivity contribution is -0.276. The highest BCUT2D eigenvalue weighted by atomic mass is 32.2. The number of aryl methyl sites for hydroxylation is 1. The smallest absolute Gasteiger partial charge is 0.241 e. The molecule has 0 spiro atoms. The summed E-state index contributed by atoms with van der Waals surface area (Å²) in [7, 11) is -3.94. The van der Waals surface area contributed by atoms with Crippen molar-refractivity contribution in [1.82, 2.24) is 14.9 Å². The van der Waals surface area contributed by atoms with Crippen LogP contribution in [0.15, 0.2) is 108 Å². The number of nitrogens with zero attached hydrogens (tertiary/aromatic N) is 1. The van der Waals surface area contributed by atoms with E-state index >= 15 is 0 Å². The Morgan fingerprint density at radius 2 is 1.47 bits per heavy atom. The van der Waals surface area contributed by atoms with E-state index in [1.807, 2.05) is 85.8 Å². The van der Waals surface area contributed by atoms with Gasteiger partial charge >= 0.3 is 0 Å². The van der Waals surface area contributed by atoms with Crippen LogP contribution in [0, 0.1) is 12.8 Å². The maximum Gasteiger partial charge on any atom is 0.241 e. The van der Waals surface area contributed by atoms with Crippen molar-refractivity contribution in [2.75, 3.05) is 19.6 Å². The first kappa shape index (κ1) is 36.9. The van der Waals surface area contributed by atoms with Gasteiger partial charge in [0.25, 0.3) is 0 Å². The van der Waals surface area contributed by atoms with Crippen LogP contribution in [0.4, 0.5) is 0 Å². The standard InChI is InChI=1S/C41H49N3O6S/c1-29-11-21-36(22-12-29)51(47,48)43-37(25-31-9-5-3-6-10-31)40(46)42-26-32-13-19-35(20-14-32)41-49-38(27-44-23-7-4-8-24-44)30(2)39(50-41)34-17-15-33(28-45)16-18-34/h3,5-6,9-22,30,37-39,41,43,45H,4,7-8,23-28H2,1-2H3,(H,42,46). The number of hydrogen-bond donors (Lipinski definition) is 3. The van der Waals surface area contributed by atoms with Crippen molar-refractivity contribution in [2.45, 2.75) is 82.1 Å². The summed E-state index contributed by atoms with van der Waals surface area (Å²) in [4.78, 5) is 16.2. The summed E-state index contributed by atoms with van der Waals surface area (Å²) in [5.74, 6) is -0.299. The maximum absolute atomic E-state index is 13.5. The Morgan fingerprint density at radius 1 is 0.824 bits per heavy atom. The van der Waals surface area contributed by atoms with Crippen LogP contribution in [-0.4, -0.2) is 56.1 Å². The van der Waals surface area contributed by atoms with Gasteiger partial charge in [0.15, 0.2) is 6.29 Å². The fraction of sp³-hybridized carbons (Fsp3) is 0.390. The number of sulfonamides is 1. The van der Waals surface area contributed by atoms with Crippen LogP contribution >= 0.6 is 0 Å². The van der Waals surface area contributed by atoms with Gasteiger partial charge in [-0.25, -0.2) is 8.42 Å². The average molecular weight is 712 g/mol. The van der Waals surface area contributed by atoms with E-state index in [2.05, 4.69) is 21.9 Å². The number of aliphatic hydroxyl groups is 1. The first-order valence-electron chi connectivity index (χ1n) is 17.9. The molecule has 0 saturated carbocycles. The Morgan fingerprint density at radius 3 is 2.14 bits per heavy atom. The molecule has 2 aliphatic heterocycles. The number of ether oxygens (including phenoxy) is 2. The third-order valence-electron chi connectivity index (χ3n) is 9.96. The van der Waals surface area contributed by atoms with Gasteiger partial charge in [0, 0.05) is 24.6 Å². The second kappa shape index (κ2) is 17.1. The minimum absolute atomic E-state index is 0.00575. The molecule has 270 valence electrons. The lowest BCUT2D eigenvalue weighted by Crippen LogP contribution is -2.47. The van der Waals surface area contributed by atoms with Gasteiger partial charge in [-0.2, -0.15) is 4.72 Å². The first-order chi connectivity index (χ1) is 24.7. The average Bonchev–Trinajstić information content (AvgIpc) is 3.15. The highest BCUT2D eigenvalue weighted by Gasteiger charge is 2.39. The number of amides is 1. The van der Waals surface area contributed by atoms with Gasteiger partial charge in [-0.1, -0.05) is 110 Å². The molecule has 51 heavy (non-hydrogen) atoms. The molecule has 2 fully saturated rings. The van der Waals surface area contributed by atoms with Crippen LogP contribution in [0.25, 0.3) is 0 Å². The summed E-state index contributed by atoms with van der Waals surface area (Å²) in [5.41, 5.74) is 5.44. The van der Waals surface area contributed by atoms with E-state index in [1.54, 1.807) is 24.3 Å². The number of rotatable bonds is 13. The molecule has 0 aliphatic carbocycles. The van der Waals surface area contributed by atoms with E-state index in [-0.39, 0.29) is 42.6 Å². The normalized spacial score (nSPS) is 21.9. The van der Waals surface area contributed by atoms with Crippen LogP contribution in [0.3, 0.4) is 0 Å². The summed E-state index contributed by atoms with van der Waals surface area (Å²) in [6.45, 7) is 7.29. The Labute approximate surface area is 302 Å². The van der Waals surface area contributed by atoms with Crippen LogP contribution in [-0.2, 0) is 43.9 Å². The monoisotopic (exact) mass is 711 g/mol. The molecule has 2 heterocycles. The van der Waals surface area contributed by atoms with E-state index < -0.39 is 28.3 Å². The number of carbonyl (C=O) groups is 1. The van der Waals surface area contributed by atoms with Crippen molar-refractivity contribution >= 4 is 15.9 Å². The van der Waals surface area contributed by atoms with Crippen LogP contribution in [0.2, 0.25) is 0 Å². The molecule has 4 aromatic rings. The summed E-state index contributed by atoms with van der Waals surface area (Å²) >= 11 is 0. The maximum atomic E-state index is 13.5. The minimum atomic E-state index is -3.94. The quantitative estimate of drug-likeness (QED) is 0.157. The van der Waals surface area contributed by atoms with Crippen LogP contribution in [0.1, 0.15) is 72.0 Å². The number of hydrogen-bond acceptors (Lipinski definition) is 7. The fourth-order valence-corrected chi connectivity index (χ4v) is 8.04. The molecule has 2 aliphatic rings. The van der Waals surface area contributed by atoms with Crippen LogP contribution in [0.5, 0.6) is 0 Å². The summed E-state index contributed by atoms with van der Waals surface area (Å²) in [6.07, 6.45) is 3.09. The van der Waals surface area contributed by atoms with E-state index in [0.29, 0.717) is 0 Å². The predicted octanol–water partition coefficient (Wildman–Crippen LogP) is 5.97. The van der Waals surface area contributed by atoms with E-state index in [9.17, 15) is 18.3 Å². The Kier molecular flexibility index (Phi) is 12.3. The first-order valence-corrected chi connectivity index (χ1v) is 19.4. The molecule has 3 N–H and O–H groups in total. The molecule has 2 saturated heterocycles. The van der Waals surface area contributed by atoms with Crippen molar-refractivity contribution in [3.63, 3.8) is 0 Å². The van der Waals surface area contributed by atoms with Crippen molar-refractivity contribution in [3.8, 4) is 0 Å². The fourth-order valence-electron chi connectivity index (χ4n) is 6.84. The van der Waals surface area contributed by atoms with Gasteiger partial charge in [-0.3, -0.25) is 4.79 Å². The van der Waals surface area contributed by atoms with Gasteiger partial charge < -0.3 is 24.8 Å². The molecule has 10 heteroatoms. The zero-order chi connectivity index (χ0) is 35.8. The van der Waals surface area contributed by atoms with Crippen molar-refractivity contribution < 1.29 is 27.8 Å². The molecule has 9 nitrogen and oxygen atoms in total. The van der Waals surface area contributed by atoms with Crippen molar-refractivity contribution in [2.24, 2.45) is 5.92 Å². The van der Waals surface area contributed by atoms with Crippen molar-refractivity contribution in [3.05, 3.63) is 137 Å². The molecule has 0 bridgehead atoms. The largest absolute Gasteiger partial charge is 0.392 e. The highest BCUT2D eigenvalue weighted by molar-refractivity contribution is 7.89. The molecular weight excluding hydrogens is 663 g/mol. The zero-order valence-corrected chi connectivity index (χ0v) is 30.2. The number of benzene rings is 4. The molecule has 0 radical (unpaired) electrons. The third kappa shape index (κ3) is 9.71. The summed E-state index contributed by atoms with van der Waals surface area (Å²) in [6, 6.07) is 30.7. The molecule has 6 rings (SSSR count). The number of likely N-dealkylation sites (tertiary alicyclic amines) is 1. The Bertz CT molecular complexity index is 1810. The topological polar surface area (TPSA) is 117 Å². The summed E-state index contributed by atoms with van der Waals surface area (Å²) < 4.78 is 42.5. The Balaban J connectivity index is 1.14. The van der Waals surface area contributed by atoms with Gasteiger partial charge in [0.05, 0.1) is 23.7 Å². The number of aliphatic hydroxyl groups excluding tert-OH is 1. The number of piperidine rings is 1. The molecule has 1 amide bonds. The molecular formula is C41H49N3O6S. The number of nitrogens with one attached hydrogen (secondary N) is 2. The van der Waals surface area contributed by atoms with E-state index in [0.717, 1.165) is 53.0 Å². The molecule has 5 atom stereocenters. The van der Waals surface area contributed by atoms with E-state index in [4.69, 9.17) is 9.47 Å². The third-order valence-corrected chi connectivity index (χ3v) is 11.4. The number of carbonyl (C=O) groups excluding carboxylic acids is 1. The van der Waals surface area contributed by atoms with Gasteiger partial charge in [-0.15, -0.1) is 0 Å². The van der Waals surface area contributed by atoms with Gasteiger partial charge in [-0.05, 0) is 73.7 Å². The second-order valence-corrected chi connectivity index (χ2v) is 15.5. The SMILES string of the molecule is Cc1ccc(S(=O)(=O)NC(Cc2ccccc2)C(=O)NCc2ccc(C3OC(CN4CCCCC4)C(C)C(c4ccc(CO)cc4)O3)cc2)cc1. The van der Waals surface area contributed by atoms with Crippen LogP contribution < -0.4 is 10.0 Å². The minimum Gasteiger partial charge on any atom is -0.392 e. The Hall–Kier alpha value is -3.90. The predicted molar refractivity (Wildman–Crippen MR) is 197 cm³/mol. The van der Waals surface area contributed by atoms with Crippen molar-refractivity contribution in [1.29, 1.82) is 0 Å². The lowest BCUT2D eigenvalue weighted by atomic mass is 9.89. The lowest BCUT2D eigenvalue weighted by Gasteiger charge is -2.43. The zero-order valence-electron chi connectivity index (χ0n) is 29.4. The molecule has 4 aromatic carbocycles. The molecule has 5 unspecified atom stereocenters. The molecule has 0 aromatic heterocycles. The second-order valence-electron chi connectivity index (χ2n) is 13.8. The van der Waals surface area contributed by atoms with Gasteiger partial charge in [0.1, 0.15) is 6.04 Å². The highest BCUT2D eigenvalue weighted by Crippen LogP contribution is 2.42. The van der Waals surface area contributed by atoms with E-state index in [1.165, 1.54) is 19.3 Å². The summed E-state index contributed by atoms with van der Waals surface area (Å²) in [5, 5.41) is 12.5.